The van der Waals surface area contributed by atoms with Crippen LogP contribution in [0.3, 0.4) is 0 Å². The van der Waals surface area contributed by atoms with Crippen LogP contribution in [-0.2, 0) is 6.42 Å². The van der Waals surface area contributed by atoms with Gasteiger partial charge in [0.15, 0.2) is 6.61 Å². The molecule has 1 unspecified atom stereocenters. The van der Waals surface area contributed by atoms with E-state index in [4.69, 9.17) is 4.84 Å². The first-order valence-corrected chi connectivity index (χ1v) is 8.49. The number of aromatic nitrogens is 1. The largest absolute Gasteiger partial charge is 0.271 e. The summed E-state index contributed by atoms with van der Waals surface area (Å²) < 4.78 is 1.84. The van der Waals surface area contributed by atoms with Gasteiger partial charge in [-0.3, -0.25) is 4.84 Å². The van der Waals surface area contributed by atoms with Gasteiger partial charge < -0.3 is 0 Å². The maximum Gasteiger partial charge on any atom is 0.222 e. The van der Waals surface area contributed by atoms with Crippen molar-refractivity contribution in [1.82, 2.24) is 0 Å². The molecule has 22 heavy (non-hydrogen) atoms. The average Bonchev–Trinajstić information content (AvgIpc) is 2.57. The minimum atomic E-state index is 0.663. The van der Waals surface area contributed by atoms with Crippen molar-refractivity contribution in [2.24, 2.45) is 5.92 Å². The van der Waals surface area contributed by atoms with Crippen molar-refractivity contribution in [3.8, 4) is 0 Å². The van der Waals surface area contributed by atoms with Crippen molar-refractivity contribution >= 4 is 0 Å². The molecule has 1 atom stereocenters. The van der Waals surface area contributed by atoms with Crippen LogP contribution in [0.2, 0.25) is 0 Å². The Hall–Kier alpha value is -1.83. The first-order valence-electron chi connectivity index (χ1n) is 8.49. The van der Waals surface area contributed by atoms with Crippen LogP contribution in [0.1, 0.15) is 50.7 Å². The molecule has 0 aliphatic carbocycles. The number of hydrogen-bond donors (Lipinski definition) is 0. The van der Waals surface area contributed by atoms with Gasteiger partial charge in [-0.05, 0) is 36.3 Å². The highest BCUT2D eigenvalue weighted by Gasteiger charge is 2.10. The maximum absolute atomic E-state index is 5.88. The summed E-state index contributed by atoms with van der Waals surface area (Å²) >= 11 is 0. The third kappa shape index (κ3) is 5.51. The molecule has 0 saturated heterocycles. The van der Waals surface area contributed by atoms with Crippen molar-refractivity contribution in [2.45, 2.75) is 46.0 Å². The Kier molecular flexibility index (Phi) is 6.95. The monoisotopic (exact) mass is 298 g/mol. The van der Waals surface area contributed by atoms with Crippen LogP contribution in [0.5, 0.6) is 0 Å². The highest BCUT2D eigenvalue weighted by Crippen LogP contribution is 2.11. The van der Waals surface area contributed by atoms with Gasteiger partial charge in [-0.2, -0.15) is 0 Å². The van der Waals surface area contributed by atoms with E-state index in [2.05, 4.69) is 56.3 Å². The Morgan fingerprint density at radius 3 is 2.27 bits per heavy atom. The predicted molar refractivity (Wildman–Crippen MR) is 90.6 cm³/mol. The first-order chi connectivity index (χ1) is 10.8. The lowest BCUT2D eigenvalue weighted by atomic mass is 10.0. The molecule has 0 aliphatic heterocycles. The smallest absolute Gasteiger partial charge is 0.222 e. The molecule has 2 nitrogen and oxygen atoms in total. The average molecular weight is 298 g/mol. The van der Waals surface area contributed by atoms with E-state index >= 15 is 0 Å². The summed E-state index contributed by atoms with van der Waals surface area (Å²) in [5.41, 5.74) is 2.65. The summed E-state index contributed by atoms with van der Waals surface area (Å²) in [5.74, 6) is 0.663. The van der Waals surface area contributed by atoms with Crippen LogP contribution >= 0.6 is 0 Å². The highest BCUT2D eigenvalue weighted by atomic mass is 16.7. The number of hydrogen-bond acceptors (Lipinski definition) is 1. The molecule has 118 valence electrons. The summed E-state index contributed by atoms with van der Waals surface area (Å²) in [5, 5.41) is 0. The van der Waals surface area contributed by atoms with Crippen LogP contribution < -0.4 is 9.57 Å². The van der Waals surface area contributed by atoms with Crippen molar-refractivity contribution < 1.29 is 9.57 Å². The Labute approximate surface area is 134 Å². The molecule has 0 amide bonds. The molecule has 1 aromatic heterocycles. The van der Waals surface area contributed by atoms with Gasteiger partial charge in [-0.25, -0.2) is 0 Å². The minimum Gasteiger partial charge on any atom is -0.271 e. The number of nitrogens with zero attached hydrogens (tertiary/aromatic N) is 1. The van der Waals surface area contributed by atoms with E-state index in [1.54, 1.807) is 0 Å². The topological polar surface area (TPSA) is 13.1 Å². The Morgan fingerprint density at radius 2 is 1.64 bits per heavy atom. The van der Waals surface area contributed by atoms with Gasteiger partial charge in [0.05, 0.1) is 0 Å². The zero-order valence-electron chi connectivity index (χ0n) is 13.9. The highest BCUT2D eigenvalue weighted by molar-refractivity contribution is 5.23. The molecule has 0 saturated carbocycles. The summed E-state index contributed by atoms with van der Waals surface area (Å²) in [7, 11) is 0. The van der Waals surface area contributed by atoms with Gasteiger partial charge in [0.25, 0.3) is 0 Å². The molecule has 2 rings (SSSR count). The molecule has 1 heterocycles. The van der Waals surface area contributed by atoms with E-state index in [1.165, 1.54) is 36.8 Å². The molecule has 0 fully saturated rings. The third-order valence-electron chi connectivity index (χ3n) is 4.12. The minimum absolute atomic E-state index is 0.663. The van der Waals surface area contributed by atoms with E-state index in [0.717, 1.165) is 13.0 Å². The van der Waals surface area contributed by atoms with E-state index in [0.29, 0.717) is 5.92 Å². The summed E-state index contributed by atoms with van der Waals surface area (Å²) in [6.45, 7) is 5.30. The van der Waals surface area contributed by atoms with E-state index < -0.39 is 0 Å². The maximum atomic E-state index is 5.88. The summed E-state index contributed by atoms with van der Waals surface area (Å²) in [4.78, 5) is 5.88. The fourth-order valence-electron chi connectivity index (χ4n) is 2.57. The number of benzene rings is 1. The Bertz CT molecular complexity index is 521. The van der Waals surface area contributed by atoms with Gasteiger partial charge in [-0.1, -0.05) is 57.0 Å². The molecule has 0 aliphatic rings. The molecule has 2 heteroatoms. The van der Waals surface area contributed by atoms with E-state index in [-0.39, 0.29) is 0 Å². The molecule has 0 radical (unpaired) electrons. The zero-order chi connectivity index (χ0) is 15.6. The van der Waals surface area contributed by atoms with Crippen molar-refractivity contribution in [3.05, 3.63) is 66.0 Å². The molecular weight excluding hydrogens is 270 g/mol. The van der Waals surface area contributed by atoms with Crippen molar-refractivity contribution in [3.63, 3.8) is 0 Å². The van der Waals surface area contributed by atoms with E-state index in [1.807, 2.05) is 17.1 Å². The van der Waals surface area contributed by atoms with Crippen molar-refractivity contribution in [1.29, 1.82) is 0 Å². The molecule has 0 bridgehead atoms. The summed E-state index contributed by atoms with van der Waals surface area (Å²) in [6, 6.07) is 14.8. The third-order valence-corrected chi connectivity index (χ3v) is 4.12. The number of unbranched alkanes of at least 4 members (excludes halogenated alkanes) is 1. The Balaban J connectivity index is 1.83. The van der Waals surface area contributed by atoms with Gasteiger partial charge in [0, 0.05) is 16.9 Å². The van der Waals surface area contributed by atoms with E-state index in [9.17, 15) is 0 Å². The van der Waals surface area contributed by atoms with Gasteiger partial charge in [0.1, 0.15) is 0 Å². The SMILES string of the molecule is CCCCC(CC)CO[n+]1ccc(Cc2ccccc2)cc1. The molecule has 0 N–H and O–H groups in total. The normalized spacial score (nSPS) is 12.1. The predicted octanol–water partition coefficient (Wildman–Crippen LogP) is 4.21. The molecular formula is C20H28NO+. The second-order valence-electron chi connectivity index (χ2n) is 5.94. The second-order valence-corrected chi connectivity index (χ2v) is 5.94. The quantitative estimate of drug-likeness (QED) is 0.632. The lowest BCUT2D eigenvalue weighted by Crippen LogP contribution is -2.44. The number of rotatable bonds is 9. The zero-order valence-corrected chi connectivity index (χ0v) is 13.9. The number of pyridine rings is 1. The van der Waals surface area contributed by atoms with Crippen LogP contribution in [0.15, 0.2) is 54.9 Å². The molecule has 2 aromatic rings. The van der Waals surface area contributed by atoms with Crippen LogP contribution in [-0.4, -0.2) is 6.61 Å². The Morgan fingerprint density at radius 1 is 0.955 bits per heavy atom. The standard InChI is InChI=1S/C20H28NO/c1-3-5-9-18(4-2)17-22-21-14-12-20(13-15-21)16-19-10-7-6-8-11-19/h6-8,10-15,18H,3-5,9,16-17H2,1-2H3/q+1. The van der Waals surface area contributed by atoms with Crippen LogP contribution in [0.25, 0.3) is 0 Å². The molecule has 0 spiro atoms. The van der Waals surface area contributed by atoms with Crippen molar-refractivity contribution in [2.75, 3.05) is 6.61 Å². The van der Waals surface area contributed by atoms with Gasteiger partial charge >= 0.3 is 0 Å². The lowest BCUT2D eigenvalue weighted by Gasteiger charge is -2.11. The first kappa shape index (κ1) is 16.5. The summed E-state index contributed by atoms with van der Waals surface area (Å²) in [6.07, 6.45) is 10.0. The fourth-order valence-corrected chi connectivity index (χ4v) is 2.57. The fraction of sp³-hybridized carbons (Fsp3) is 0.450. The lowest BCUT2D eigenvalue weighted by molar-refractivity contribution is -0.892. The van der Waals surface area contributed by atoms with Gasteiger partial charge in [-0.15, -0.1) is 0 Å². The van der Waals surface area contributed by atoms with Crippen LogP contribution in [0, 0.1) is 5.92 Å². The molecule has 1 aromatic carbocycles. The van der Waals surface area contributed by atoms with Gasteiger partial charge in [0.2, 0.25) is 12.4 Å². The second kappa shape index (κ2) is 9.24. The van der Waals surface area contributed by atoms with Crippen LogP contribution in [0.4, 0.5) is 0 Å².